The van der Waals surface area contributed by atoms with E-state index in [1.807, 2.05) is 11.3 Å². The first-order valence-electron chi connectivity index (χ1n) is 7.56. The van der Waals surface area contributed by atoms with Crippen molar-refractivity contribution in [1.29, 1.82) is 0 Å². The molecule has 0 radical (unpaired) electrons. The summed E-state index contributed by atoms with van der Waals surface area (Å²) in [5, 5.41) is 8.20. The molecule has 0 saturated carbocycles. The van der Waals surface area contributed by atoms with Crippen LogP contribution in [0.3, 0.4) is 0 Å². The highest BCUT2D eigenvalue weighted by Gasteiger charge is 2.19. The van der Waals surface area contributed by atoms with Gasteiger partial charge >= 0.3 is 0 Å². The van der Waals surface area contributed by atoms with Crippen LogP contribution in [0.15, 0.2) is 16.8 Å². The molecular formula is C16H29NS. The second-order valence-electron chi connectivity index (χ2n) is 5.17. The Morgan fingerprint density at radius 2 is 1.83 bits per heavy atom. The fraction of sp³-hybridized carbons (Fsp3) is 0.750. The van der Waals surface area contributed by atoms with Gasteiger partial charge in [-0.3, -0.25) is 0 Å². The van der Waals surface area contributed by atoms with Crippen molar-refractivity contribution < 1.29 is 0 Å². The third kappa shape index (κ3) is 5.53. The molecule has 1 atom stereocenters. The summed E-state index contributed by atoms with van der Waals surface area (Å²) in [5.41, 5.74) is 1.51. The van der Waals surface area contributed by atoms with E-state index >= 15 is 0 Å². The third-order valence-corrected chi connectivity index (χ3v) is 4.41. The van der Waals surface area contributed by atoms with Crippen molar-refractivity contribution in [3.8, 4) is 0 Å². The van der Waals surface area contributed by atoms with Crippen LogP contribution in [0, 0.1) is 5.92 Å². The number of rotatable bonds is 10. The van der Waals surface area contributed by atoms with Gasteiger partial charge in [-0.1, -0.05) is 33.6 Å². The largest absolute Gasteiger partial charge is 0.314 e. The monoisotopic (exact) mass is 267 g/mol. The molecule has 0 aliphatic rings. The molecule has 1 N–H and O–H groups in total. The Morgan fingerprint density at radius 1 is 1.11 bits per heavy atom. The summed E-state index contributed by atoms with van der Waals surface area (Å²) in [4.78, 5) is 0. The molecule has 0 bridgehead atoms. The predicted octanol–water partition coefficient (Wildman–Crippen LogP) is 4.88. The molecule has 104 valence electrons. The molecule has 1 nitrogen and oxygen atoms in total. The van der Waals surface area contributed by atoms with Crippen LogP contribution in [0.25, 0.3) is 0 Å². The number of nitrogens with one attached hydrogen (secondary N) is 1. The van der Waals surface area contributed by atoms with Crippen LogP contribution in [0.4, 0.5) is 0 Å². The zero-order chi connectivity index (χ0) is 13.2. The Balaban J connectivity index is 2.49. The number of hydrogen-bond acceptors (Lipinski definition) is 2. The highest BCUT2D eigenvalue weighted by Crippen LogP contribution is 2.22. The summed E-state index contributed by atoms with van der Waals surface area (Å²) in [6.45, 7) is 7.94. The normalized spacial score (nSPS) is 13.1. The van der Waals surface area contributed by atoms with E-state index < -0.39 is 0 Å². The Bertz CT molecular complexity index is 275. The number of aryl methyl sites for hydroxylation is 1. The molecule has 0 aliphatic heterocycles. The fourth-order valence-corrected chi connectivity index (χ4v) is 3.52. The molecule has 0 aliphatic carbocycles. The summed E-state index contributed by atoms with van der Waals surface area (Å²) >= 11 is 1.81. The minimum atomic E-state index is 0.704. The van der Waals surface area contributed by atoms with Gasteiger partial charge < -0.3 is 5.32 Å². The average molecular weight is 267 g/mol. The van der Waals surface area contributed by atoms with Gasteiger partial charge in [0, 0.05) is 6.04 Å². The smallest absolute Gasteiger partial charge is 0.00983 e. The molecule has 18 heavy (non-hydrogen) atoms. The average Bonchev–Trinajstić information content (AvgIpc) is 2.87. The summed E-state index contributed by atoms with van der Waals surface area (Å²) in [6, 6.07) is 2.97. The molecule has 0 amide bonds. The van der Waals surface area contributed by atoms with Crippen molar-refractivity contribution in [2.75, 3.05) is 6.54 Å². The van der Waals surface area contributed by atoms with Gasteiger partial charge in [0.25, 0.3) is 0 Å². The molecule has 1 heterocycles. The van der Waals surface area contributed by atoms with E-state index in [2.05, 4.69) is 42.9 Å². The SMILES string of the molecule is CCCC(CCC)C(CCc1ccsc1)NCC. The van der Waals surface area contributed by atoms with Gasteiger partial charge in [-0.15, -0.1) is 0 Å². The van der Waals surface area contributed by atoms with Crippen LogP contribution in [0.1, 0.15) is 58.4 Å². The number of thiophene rings is 1. The van der Waals surface area contributed by atoms with Gasteiger partial charge in [-0.2, -0.15) is 11.3 Å². The standard InChI is InChI=1S/C16H29NS/c1-4-7-15(8-5-2)16(17-6-3)10-9-14-11-12-18-13-14/h11-13,15-17H,4-10H2,1-3H3. The van der Waals surface area contributed by atoms with Gasteiger partial charge in [0.05, 0.1) is 0 Å². The Hall–Kier alpha value is -0.340. The van der Waals surface area contributed by atoms with Crippen LogP contribution >= 0.6 is 11.3 Å². The summed E-state index contributed by atoms with van der Waals surface area (Å²) in [5.74, 6) is 0.860. The van der Waals surface area contributed by atoms with Crippen molar-refractivity contribution in [1.82, 2.24) is 5.32 Å². The van der Waals surface area contributed by atoms with Crippen molar-refractivity contribution >= 4 is 11.3 Å². The molecule has 0 saturated heterocycles. The van der Waals surface area contributed by atoms with Gasteiger partial charge in [0.2, 0.25) is 0 Å². The molecule has 0 spiro atoms. The third-order valence-electron chi connectivity index (χ3n) is 3.68. The van der Waals surface area contributed by atoms with Gasteiger partial charge in [-0.25, -0.2) is 0 Å². The first-order valence-corrected chi connectivity index (χ1v) is 8.50. The van der Waals surface area contributed by atoms with Crippen LogP contribution in [-0.4, -0.2) is 12.6 Å². The summed E-state index contributed by atoms with van der Waals surface area (Å²) in [7, 11) is 0. The molecule has 2 heteroatoms. The Kier molecular flexibility index (Phi) is 8.36. The van der Waals surface area contributed by atoms with Crippen molar-refractivity contribution in [3.63, 3.8) is 0 Å². The molecule has 1 unspecified atom stereocenters. The Labute approximate surface area is 117 Å². The minimum Gasteiger partial charge on any atom is -0.314 e. The van der Waals surface area contributed by atoms with E-state index in [1.54, 1.807) is 0 Å². The first-order chi connectivity index (χ1) is 8.81. The highest BCUT2D eigenvalue weighted by atomic mass is 32.1. The molecule has 1 aromatic rings. The van der Waals surface area contributed by atoms with Crippen LogP contribution in [0.2, 0.25) is 0 Å². The van der Waals surface area contributed by atoms with Gasteiger partial charge in [-0.05, 0) is 60.5 Å². The molecule has 0 aromatic carbocycles. The van der Waals surface area contributed by atoms with Gasteiger partial charge in [0.15, 0.2) is 0 Å². The zero-order valence-corrected chi connectivity index (χ0v) is 13.1. The Morgan fingerprint density at radius 3 is 2.33 bits per heavy atom. The lowest BCUT2D eigenvalue weighted by molar-refractivity contribution is 0.300. The van der Waals surface area contributed by atoms with Crippen molar-refractivity contribution in [2.45, 2.75) is 65.3 Å². The molecule has 0 fully saturated rings. The van der Waals surface area contributed by atoms with Crippen molar-refractivity contribution in [2.24, 2.45) is 5.92 Å². The van der Waals surface area contributed by atoms with E-state index in [4.69, 9.17) is 0 Å². The lowest BCUT2D eigenvalue weighted by atomic mass is 9.87. The van der Waals surface area contributed by atoms with Crippen LogP contribution < -0.4 is 5.32 Å². The molecule has 1 rings (SSSR count). The summed E-state index contributed by atoms with van der Waals surface area (Å²) in [6.07, 6.45) is 7.88. The first kappa shape index (κ1) is 15.7. The maximum absolute atomic E-state index is 3.72. The lowest BCUT2D eigenvalue weighted by Gasteiger charge is -2.27. The second kappa shape index (κ2) is 9.57. The van der Waals surface area contributed by atoms with E-state index in [1.165, 1.54) is 44.1 Å². The van der Waals surface area contributed by atoms with E-state index in [0.29, 0.717) is 6.04 Å². The zero-order valence-electron chi connectivity index (χ0n) is 12.2. The second-order valence-corrected chi connectivity index (χ2v) is 5.95. The van der Waals surface area contributed by atoms with E-state index in [9.17, 15) is 0 Å². The van der Waals surface area contributed by atoms with E-state index in [0.717, 1.165) is 12.5 Å². The fourth-order valence-electron chi connectivity index (χ4n) is 2.81. The quantitative estimate of drug-likeness (QED) is 0.637. The summed E-state index contributed by atoms with van der Waals surface area (Å²) < 4.78 is 0. The molecule has 1 aromatic heterocycles. The molecular weight excluding hydrogens is 238 g/mol. The van der Waals surface area contributed by atoms with E-state index in [-0.39, 0.29) is 0 Å². The minimum absolute atomic E-state index is 0.704. The number of hydrogen-bond donors (Lipinski definition) is 1. The highest BCUT2D eigenvalue weighted by molar-refractivity contribution is 7.07. The lowest BCUT2D eigenvalue weighted by Crippen LogP contribution is -2.36. The predicted molar refractivity (Wildman–Crippen MR) is 83.4 cm³/mol. The van der Waals surface area contributed by atoms with Crippen LogP contribution in [0.5, 0.6) is 0 Å². The van der Waals surface area contributed by atoms with Crippen molar-refractivity contribution in [3.05, 3.63) is 22.4 Å². The maximum atomic E-state index is 3.72. The van der Waals surface area contributed by atoms with Crippen LogP contribution in [-0.2, 0) is 6.42 Å². The topological polar surface area (TPSA) is 12.0 Å². The maximum Gasteiger partial charge on any atom is 0.00983 e. The van der Waals surface area contributed by atoms with Gasteiger partial charge in [0.1, 0.15) is 0 Å².